The summed E-state index contributed by atoms with van der Waals surface area (Å²) in [6.07, 6.45) is 5.30. The molecule has 0 amide bonds. The smallest absolute Gasteiger partial charge is 0.184 e. The van der Waals surface area contributed by atoms with E-state index in [0.29, 0.717) is 12.1 Å². The van der Waals surface area contributed by atoms with E-state index in [2.05, 4.69) is 15.2 Å². The maximum Gasteiger partial charge on any atom is 0.184 e. The first-order valence-corrected chi connectivity index (χ1v) is 8.28. The molecule has 4 nitrogen and oxygen atoms in total. The molecule has 0 saturated carbocycles. The fourth-order valence-electron chi connectivity index (χ4n) is 3.58. The monoisotopic (exact) mass is 288 g/mol. The van der Waals surface area contributed by atoms with Crippen molar-refractivity contribution < 1.29 is 0 Å². The Morgan fingerprint density at radius 3 is 3.15 bits per heavy atom. The minimum atomic E-state index is 0.563. The fourth-order valence-corrected chi connectivity index (χ4v) is 4.55. The zero-order chi connectivity index (χ0) is 13.5. The summed E-state index contributed by atoms with van der Waals surface area (Å²) in [5.74, 6) is 0. The highest BCUT2D eigenvalue weighted by atomic mass is 32.1. The van der Waals surface area contributed by atoms with Crippen LogP contribution in [0.2, 0.25) is 0 Å². The molecule has 3 N–H and O–H groups in total. The van der Waals surface area contributed by atoms with Crippen molar-refractivity contribution >= 4 is 32.4 Å². The predicted molar refractivity (Wildman–Crippen MR) is 85.3 cm³/mol. The minimum Gasteiger partial charge on any atom is -0.399 e. The average Bonchev–Trinajstić information content (AvgIpc) is 3.03. The maximum atomic E-state index is 5.84. The third-order valence-corrected chi connectivity index (χ3v) is 5.53. The van der Waals surface area contributed by atoms with Crippen molar-refractivity contribution in [1.29, 1.82) is 0 Å². The van der Waals surface area contributed by atoms with Gasteiger partial charge in [-0.1, -0.05) is 17.8 Å². The SMILES string of the molecule is Nc1ccc2nc(NC3CCN4CCCCC34)sc2c1. The zero-order valence-electron chi connectivity index (χ0n) is 11.5. The molecule has 0 bridgehead atoms. The molecule has 0 radical (unpaired) electrons. The van der Waals surface area contributed by atoms with Crippen LogP contribution in [0.15, 0.2) is 18.2 Å². The number of anilines is 2. The Hall–Kier alpha value is -1.33. The largest absolute Gasteiger partial charge is 0.399 e. The number of benzene rings is 1. The fraction of sp³-hybridized carbons (Fsp3) is 0.533. The summed E-state index contributed by atoms with van der Waals surface area (Å²) in [7, 11) is 0. The zero-order valence-corrected chi connectivity index (χ0v) is 12.3. The molecule has 0 aliphatic carbocycles. The molecule has 2 atom stereocenters. The first-order chi connectivity index (χ1) is 9.79. The van der Waals surface area contributed by atoms with Gasteiger partial charge in [0.05, 0.1) is 10.2 Å². The Balaban J connectivity index is 1.55. The summed E-state index contributed by atoms with van der Waals surface area (Å²) >= 11 is 1.72. The lowest BCUT2D eigenvalue weighted by Crippen LogP contribution is -2.41. The molecule has 20 heavy (non-hydrogen) atoms. The van der Waals surface area contributed by atoms with Crippen LogP contribution in [0.3, 0.4) is 0 Å². The van der Waals surface area contributed by atoms with Gasteiger partial charge in [-0.3, -0.25) is 4.90 Å². The summed E-state index contributed by atoms with van der Waals surface area (Å²) < 4.78 is 1.17. The number of aromatic nitrogens is 1. The van der Waals surface area contributed by atoms with Gasteiger partial charge in [0.25, 0.3) is 0 Å². The summed E-state index contributed by atoms with van der Waals surface area (Å²) in [6.45, 7) is 2.51. The first kappa shape index (κ1) is 12.4. The Bertz CT molecular complexity index is 623. The van der Waals surface area contributed by atoms with Gasteiger partial charge in [-0.05, 0) is 44.0 Å². The molecular formula is C15H20N4S. The topological polar surface area (TPSA) is 54.2 Å². The van der Waals surface area contributed by atoms with Crippen molar-refractivity contribution in [3.8, 4) is 0 Å². The number of rotatable bonds is 2. The molecule has 1 aromatic heterocycles. The van der Waals surface area contributed by atoms with Gasteiger partial charge in [0.15, 0.2) is 5.13 Å². The van der Waals surface area contributed by atoms with Crippen LogP contribution in [-0.4, -0.2) is 35.1 Å². The van der Waals surface area contributed by atoms with E-state index < -0.39 is 0 Å². The van der Waals surface area contributed by atoms with E-state index in [4.69, 9.17) is 5.73 Å². The van der Waals surface area contributed by atoms with E-state index in [0.717, 1.165) is 16.3 Å². The van der Waals surface area contributed by atoms with Crippen molar-refractivity contribution in [3.05, 3.63) is 18.2 Å². The molecule has 2 fully saturated rings. The Labute approximate surface area is 123 Å². The molecular weight excluding hydrogens is 268 g/mol. The van der Waals surface area contributed by atoms with Crippen LogP contribution in [0, 0.1) is 0 Å². The lowest BCUT2D eigenvalue weighted by Gasteiger charge is -2.32. The average molecular weight is 288 g/mol. The van der Waals surface area contributed by atoms with Gasteiger partial charge >= 0.3 is 0 Å². The first-order valence-electron chi connectivity index (χ1n) is 7.46. The van der Waals surface area contributed by atoms with Crippen molar-refractivity contribution in [2.45, 2.75) is 37.8 Å². The standard InChI is InChI=1S/C15H20N4S/c16-10-4-5-12-14(9-10)20-15(18-12)17-11-6-8-19-7-2-1-3-13(11)19/h4-5,9,11,13H,1-3,6-8,16H2,(H,17,18). The van der Waals surface area contributed by atoms with Gasteiger partial charge in [-0.15, -0.1) is 0 Å². The number of thiazole rings is 1. The van der Waals surface area contributed by atoms with Gasteiger partial charge in [0.2, 0.25) is 0 Å². The molecule has 2 unspecified atom stereocenters. The van der Waals surface area contributed by atoms with Gasteiger partial charge in [-0.25, -0.2) is 4.98 Å². The third-order valence-electron chi connectivity index (χ3n) is 4.58. The highest BCUT2D eigenvalue weighted by molar-refractivity contribution is 7.22. The van der Waals surface area contributed by atoms with Crippen molar-refractivity contribution in [3.63, 3.8) is 0 Å². The number of hydrogen-bond donors (Lipinski definition) is 2. The minimum absolute atomic E-state index is 0.563. The molecule has 5 heteroatoms. The van der Waals surface area contributed by atoms with Crippen LogP contribution in [0.25, 0.3) is 10.2 Å². The van der Waals surface area contributed by atoms with Crippen molar-refractivity contribution in [2.24, 2.45) is 0 Å². The Morgan fingerprint density at radius 1 is 1.25 bits per heavy atom. The van der Waals surface area contributed by atoms with E-state index in [9.17, 15) is 0 Å². The summed E-state index contributed by atoms with van der Waals surface area (Å²) in [5.41, 5.74) is 7.69. The molecule has 2 aliphatic rings. The Kier molecular flexibility index (Phi) is 3.04. The van der Waals surface area contributed by atoms with Gasteiger partial charge in [0.1, 0.15) is 0 Å². The van der Waals surface area contributed by atoms with E-state index in [1.807, 2.05) is 18.2 Å². The second kappa shape index (κ2) is 4.90. The van der Waals surface area contributed by atoms with E-state index in [1.54, 1.807) is 11.3 Å². The van der Waals surface area contributed by atoms with Crippen LogP contribution in [0.5, 0.6) is 0 Å². The number of nitrogens with zero attached hydrogens (tertiary/aromatic N) is 2. The lowest BCUT2D eigenvalue weighted by molar-refractivity contribution is 0.193. The van der Waals surface area contributed by atoms with Crippen LogP contribution in [-0.2, 0) is 0 Å². The van der Waals surface area contributed by atoms with Gasteiger partial charge in [-0.2, -0.15) is 0 Å². The molecule has 4 rings (SSSR count). The molecule has 2 aliphatic heterocycles. The molecule has 1 aromatic carbocycles. The number of nitrogens with one attached hydrogen (secondary N) is 1. The summed E-state index contributed by atoms with van der Waals surface area (Å²) in [4.78, 5) is 7.33. The maximum absolute atomic E-state index is 5.84. The van der Waals surface area contributed by atoms with Crippen molar-refractivity contribution in [1.82, 2.24) is 9.88 Å². The van der Waals surface area contributed by atoms with Crippen molar-refractivity contribution in [2.75, 3.05) is 24.1 Å². The Morgan fingerprint density at radius 2 is 2.20 bits per heavy atom. The quantitative estimate of drug-likeness (QED) is 0.834. The lowest BCUT2D eigenvalue weighted by atomic mass is 9.99. The number of nitrogen functional groups attached to an aromatic ring is 1. The predicted octanol–water partition coefficient (Wildman–Crippen LogP) is 2.92. The summed E-state index contributed by atoms with van der Waals surface area (Å²) in [6, 6.07) is 7.21. The summed E-state index contributed by atoms with van der Waals surface area (Å²) in [5, 5.41) is 4.72. The van der Waals surface area contributed by atoms with Crippen LogP contribution < -0.4 is 11.1 Å². The van der Waals surface area contributed by atoms with E-state index >= 15 is 0 Å². The molecule has 106 valence electrons. The highest BCUT2D eigenvalue weighted by Crippen LogP contribution is 2.32. The van der Waals surface area contributed by atoms with Crippen LogP contribution in [0.1, 0.15) is 25.7 Å². The van der Waals surface area contributed by atoms with Crippen LogP contribution >= 0.6 is 11.3 Å². The van der Waals surface area contributed by atoms with E-state index in [-0.39, 0.29) is 0 Å². The third kappa shape index (κ3) is 2.15. The molecule has 0 spiro atoms. The van der Waals surface area contributed by atoms with Crippen LogP contribution in [0.4, 0.5) is 10.8 Å². The second-order valence-electron chi connectivity index (χ2n) is 5.88. The highest BCUT2D eigenvalue weighted by Gasteiger charge is 2.35. The normalized spacial score (nSPS) is 26.8. The van der Waals surface area contributed by atoms with E-state index in [1.165, 1.54) is 43.5 Å². The number of piperidine rings is 1. The van der Waals surface area contributed by atoms with Gasteiger partial charge in [0, 0.05) is 24.3 Å². The second-order valence-corrected chi connectivity index (χ2v) is 6.92. The van der Waals surface area contributed by atoms with Gasteiger partial charge < -0.3 is 11.1 Å². The number of hydrogen-bond acceptors (Lipinski definition) is 5. The molecule has 2 saturated heterocycles. The molecule has 3 heterocycles. The number of fused-ring (bicyclic) bond motifs is 2. The number of nitrogens with two attached hydrogens (primary N) is 1. The molecule has 2 aromatic rings.